The average Bonchev–Trinajstić information content (AvgIpc) is 2.90. The molecule has 0 amide bonds. The molecule has 0 aliphatic carbocycles. The van der Waals surface area contributed by atoms with E-state index in [1.165, 1.54) is 0 Å². The van der Waals surface area contributed by atoms with Gasteiger partial charge in [0.05, 0.1) is 0 Å². The first-order valence-corrected chi connectivity index (χ1v) is 17.1. The number of piperidine rings is 2. The van der Waals surface area contributed by atoms with Gasteiger partial charge in [0.15, 0.2) is 0 Å². The highest BCUT2D eigenvalue weighted by Gasteiger charge is 2.47. The fourth-order valence-electron chi connectivity index (χ4n) is 7.21. The number of aromatic nitrogens is 3. The second-order valence-electron chi connectivity index (χ2n) is 15.4. The summed E-state index contributed by atoms with van der Waals surface area (Å²) in [5, 5.41) is 0.302. The van der Waals surface area contributed by atoms with Gasteiger partial charge in [0, 0.05) is 60.4 Å². The molecular weight excluding hydrogens is 558 g/mol. The molecule has 0 aromatic carbocycles. The van der Waals surface area contributed by atoms with Crippen LogP contribution in [-0.2, 0) is 0 Å². The molecule has 4 N–H and O–H groups in total. The van der Waals surface area contributed by atoms with Gasteiger partial charge in [-0.25, -0.2) is 0 Å². The molecule has 10 heteroatoms. The maximum absolute atomic E-state index is 6.72. The van der Waals surface area contributed by atoms with E-state index in [4.69, 9.17) is 38.0 Å². The Morgan fingerprint density at radius 3 is 1.21 bits per heavy atom. The third-order valence-corrected chi connectivity index (χ3v) is 10.4. The quantitative estimate of drug-likeness (QED) is 0.310. The van der Waals surface area contributed by atoms with E-state index in [0.29, 0.717) is 30.5 Å². The standard InChI is InChI=1S/C31H58ClN7.C2H8N2/c1-13-15-17-38(23-19-28(3,4)36(11)29(5,6)20-23)26-33-25(32)34-27(35-26)39(18-16-14-2)24-21-30(7,8)37(12)31(9,10)22-24;3-1-2-4/h23-24H,13-22H2,1-12H3;1-4H2. The van der Waals surface area contributed by atoms with Gasteiger partial charge in [0.2, 0.25) is 17.2 Å². The van der Waals surface area contributed by atoms with Crippen LogP contribution in [0.1, 0.15) is 121 Å². The zero-order valence-corrected chi connectivity index (χ0v) is 30.6. The first-order valence-electron chi connectivity index (χ1n) is 16.7. The molecule has 250 valence electrons. The summed E-state index contributed by atoms with van der Waals surface area (Å²) in [6.45, 7) is 26.5. The molecule has 0 radical (unpaired) electrons. The second kappa shape index (κ2) is 15.4. The Morgan fingerprint density at radius 2 is 0.953 bits per heavy atom. The van der Waals surface area contributed by atoms with E-state index in [-0.39, 0.29) is 22.2 Å². The summed E-state index contributed by atoms with van der Waals surface area (Å²) < 4.78 is 0. The van der Waals surface area contributed by atoms with E-state index in [0.717, 1.165) is 76.4 Å². The van der Waals surface area contributed by atoms with Gasteiger partial charge in [-0.15, -0.1) is 0 Å². The smallest absolute Gasteiger partial charge is 0.231 e. The van der Waals surface area contributed by atoms with Crippen LogP contribution >= 0.6 is 11.6 Å². The van der Waals surface area contributed by atoms with Crippen LogP contribution in [0.25, 0.3) is 0 Å². The Labute approximate surface area is 269 Å². The summed E-state index contributed by atoms with van der Waals surface area (Å²) in [6, 6.07) is 0.684. The van der Waals surface area contributed by atoms with E-state index in [1.54, 1.807) is 0 Å². The number of unbranched alkanes of at least 4 members (excludes halogenated alkanes) is 2. The van der Waals surface area contributed by atoms with E-state index < -0.39 is 0 Å². The van der Waals surface area contributed by atoms with Crippen molar-refractivity contribution in [3.05, 3.63) is 5.28 Å². The lowest BCUT2D eigenvalue weighted by molar-refractivity contribution is -0.0130. The van der Waals surface area contributed by atoms with Gasteiger partial charge in [0.25, 0.3) is 0 Å². The van der Waals surface area contributed by atoms with Gasteiger partial charge in [0.1, 0.15) is 0 Å². The Morgan fingerprint density at radius 1 is 0.651 bits per heavy atom. The molecule has 2 aliphatic heterocycles. The molecule has 2 fully saturated rings. The van der Waals surface area contributed by atoms with Crippen molar-refractivity contribution >= 4 is 23.5 Å². The van der Waals surface area contributed by atoms with Crippen molar-refractivity contribution in [3.8, 4) is 0 Å². The van der Waals surface area contributed by atoms with Gasteiger partial charge in [-0.1, -0.05) is 26.7 Å². The number of hydrogen-bond acceptors (Lipinski definition) is 9. The van der Waals surface area contributed by atoms with Crippen LogP contribution in [-0.4, -0.2) is 99.3 Å². The Hall–Kier alpha value is -1.26. The summed E-state index contributed by atoms with van der Waals surface area (Å²) in [5.74, 6) is 1.49. The third-order valence-electron chi connectivity index (χ3n) is 10.2. The van der Waals surface area contributed by atoms with Crippen LogP contribution in [0, 0.1) is 0 Å². The summed E-state index contributed by atoms with van der Waals surface area (Å²) in [5.41, 5.74) is 10.1. The van der Waals surface area contributed by atoms with Crippen molar-refractivity contribution in [2.24, 2.45) is 11.5 Å². The van der Waals surface area contributed by atoms with Gasteiger partial charge in [-0.3, -0.25) is 9.80 Å². The summed E-state index contributed by atoms with van der Waals surface area (Å²) >= 11 is 6.72. The van der Waals surface area contributed by atoms with Gasteiger partial charge in [-0.05, 0) is 120 Å². The highest BCUT2D eigenvalue weighted by atomic mass is 35.5. The first kappa shape index (κ1) is 37.9. The molecule has 1 aromatic heterocycles. The maximum Gasteiger partial charge on any atom is 0.231 e. The predicted molar refractivity (Wildman–Crippen MR) is 185 cm³/mol. The molecule has 0 unspecified atom stereocenters. The van der Waals surface area contributed by atoms with Gasteiger partial charge >= 0.3 is 0 Å². The molecular formula is C33H66ClN9. The molecule has 2 saturated heterocycles. The van der Waals surface area contributed by atoms with Crippen LogP contribution in [0.2, 0.25) is 5.28 Å². The fourth-order valence-corrected chi connectivity index (χ4v) is 7.36. The topological polar surface area (TPSA) is 104 Å². The van der Waals surface area contributed by atoms with E-state index in [2.05, 4.69) is 103 Å². The maximum atomic E-state index is 6.72. The van der Waals surface area contributed by atoms with Crippen molar-refractivity contribution < 1.29 is 0 Å². The zero-order valence-electron chi connectivity index (χ0n) is 29.8. The molecule has 1 aromatic rings. The van der Waals surface area contributed by atoms with E-state index >= 15 is 0 Å². The summed E-state index contributed by atoms with van der Waals surface area (Å²) in [6.07, 6.45) is 8.70. The van der Waals surface area contributed by atoms with Crippen LogP contribution in [0.15, 0.2) is 0 Å². The minimum absolute atomic E-state index is 0.0784. The molecule has 0 saturated carbocycles. The largest absolute Gasteiger partial charge is 0.338 e. The summed E-state index contributed by atoms with van der Waals surface area (Å²) in [7, 11) is 4.53. The lowest BCUT2D eigenvalue weighted by atomic mass is 9.77. The number of anilines is 2. The van der Waals surface area contributed by atoms with Crippen molar-refractivity contribution in [1.82, 2.24) is 24.8 Å². The van der Waals surface area contributed by atoms with Gasteiger partial charge in [-0.2, -0.15) is 15.0 Å². The Kier molecular flexibility index (Phi) is 13.5. The van der Waals surface area contributed by atoms with Crippen LogP contribution in [0.3, 0.4) is 0 Å². The second-order valence-corrected chi connectivity index (χ2v) is 15.7. The first-order chi connectivity index (χ1) is 19.9. The molecule has 43 heavy (non-hydrogen) atoms. The monoisotopic (exact) mass is 624 g/mol. The predicted octanol–water partition coefficient (Wildman–Crippen LogP) is 5.94. The molecule has 0 atom stereocenters. The number of rotatable bonds is 11. The Bertz CT molecular complexity index is 886. The third kappa shape index (κ3) is 9.62. The SMILES string of the molecule is CCCCN(c1nc(Cl)nc(N(CCCC)C2CC(C)(C)N(C)C(C)(C)C2)n1)C1CC(C)(C)N(C)C(C)(C)C1.NCCN. The fraction of sp³-hybridized carbons (Fsp3) is 0.909. The van der Waals surface area contributed by atoms with Crippen LogP contribution in [0.5, 0.6) is 0 Å². The molecule has 0 spiro atoms. The molecule has 0 bridgehead atoms. The highest BCUT2D eigenvalue weighted by Crippen LogP contribution is 2.42. The van der Waals surface area contributed by atoms with E-state index in [9.17, 15) is 0 Å². The molecule has 9 nitrogen and oxygen atoms in total. The van der Waals surface area contributed by atoms with Crippen molar-refractivity contribution in [3.63, 3.8) is 0 Å². The number of halogens is 1. The van der Waals surface area contributed by atoms with Crippen LogP contribution in [0.4, 0.5) is 11.9 Å². The van der Waals surface area contributed by atoms with Crippen LogP contribution < -0.4 is 21.3 Å². The van der Waals surface area contributed by atoms with Crippen molar-refractivity contribution in [2.75, 3.05) is 50.1 Å². The number of nitrogens with zero attached hydrogens (tertiary/aromatic N) is 7. The molecule has 2 aliphatic rings. The number of hydrogen-bond donors (Lipinski definition) is 2. The Balaban J connectivity index is 0.00000151. The summed E-state index contributed by atoms with van der Waals surface area (Å²) in [4.78, 5) is 24.8. The van der Waals surface area contributed by atoms with Crippen molar-refractivity contribution in [1.29, 1.82) is 0 Å². The normalized spacial score (nSPS) is 22.1. The van der Waals surface area contributed by atoms with E-state index in [1.807, 2.05) is 0 Å². The van der Waals surface area contributed by atoms with Gasteiger partial charge < -0.3 is 21.3 Å². The lowest BCUT2D eigenvalue weighted by Crippen LogP contribution is -2.63. The number of nitrogens with two attached hydrogens (primary N) is 2. The molecule has 3 heterocycles. The zero-order chi connectivity index (χ0) is 32.8. The number of likely N-dealkylation sites (tertiary alicyclic amines) is 2. The molecule has 3 rings (SSSR count). The average molecular weight is 624 g/mol. The lowest BCUT2D eigenvalue weighted by Gasteiger charge is -2.56. The van der Waals surface area contributed by atoms with Crippen molar-refractivity contribution in [2.45, 2.75) is 155 Å². The highest BCUT2D eigenvalue weighted by molar-refractivity contribution is 6.28. The minimum atomic E-state index is 0.0784. The minimum Gasteiger partial charge on any atom is -0.338 e.